The predicted octanol–water partition coefficient (Wildman–Crippen LogP) is 0.848. The summed E-state index contributed by atoms with van der Waals surface area (Å²) in [4.78, 5) is 33.6. The van der Waals surface area contributed by atoms with E-state index in [4.69, 9.17) is 0 Å². The van der Waals surface area contributed by atoms with Gasteiger partial charge in [-0.15, -0.1) is 0 Å². The zero-order valence-corrected chi connectivity index (χ0v) is 11.0. The largest absolute Gasteiger partial charge is 0.468 e. The van der Waals surface area contributed by atoms with Crippen molar-refractivity contribution in [3.8, 4) is 0 Å². The summed E-state index contributed by atoms with van der Waals surface area (Å²) in [7, 11) is 2.40. The molecule has 0 spiro atoms. The van der Waals surface area contributed by atoms with Crippen molar-refractivity contribution in [3.05, 3.63) is 12.2 Å². The molecule has 0 aliphatic carbocycles. The maximum atomic E-state index is 11.6. The van der Waals surface area contributed by atoms with Crippen molar-refractivity contribution in [1.82, 2.24) is 0 Å². The smallest absolute Gasteiger partial charge is 0.323 e. The standard InChI is InChI=1S/C12H18O6/c1-9(13)18-8-6-5-7-12(2,10(14)16-3)11(15)17-4/h5-6H,7-8H2,1-4H3/b6-5+. The van der Waals surface area contributed by atoms with Gasteiger partial charge >= 0.3 is 17.9 Å². The van der Waals surface area contributed by atoms with Crippen LogP contribution in [0.25, 0.3) is 0 Å². The van der Waals surface area contributed by atoms with Crippen molar-refractivity contribution in [2.75, 3.05) is 20.8 Å². The first-order chi connectivity index (χ1) is 8.38. The van der Waals surface area contributed by atoms with Crippen molar-refractivity contribution in [2.24, 2.45) is 5.41 Å². The Morgan fingerprint density at radius 2 is 1.56 bits per heavy atom. The second kappa shape index (κ2) is 7.47. The highest BCUT2D eigenvalue weighted by Gasteiger charge is 2.42. The molecule has 0 saturated heterocycles. The summed E-state index contributed by atoms with van der Waals surface area (Å²) in [5, 5.41) is 0. The molecule has 0 heterocycles. The minimum absolute atomic E-state index is 0.0910. The highest BCUT2D eigenvalue weighted by atomic mass is 16.5. The molecule has 0 aliphatic heterocycles. The van der Waals surface area contributed by atoms with Crippen LogP contribution in [0.5, 0.6) is 0 Å². The molecule has 0 radical (unpaired) electrons. The van der Waals surface area contributed by atoms with Gasteiger partial charge in [0, 0.05) is 6.92 Å². The zero-order chi connectivity index (χ0) is 14.2. The highest BCUT2D eigenvalue weighted by molar-refractivity contribution is 5.99. The fourth-order valence-corrected chi connectivity index (χ4v) is 1.25. The van der Waals surface area contributed by atoms with Crippen molar-refractivity contribution < 1.29 is 28.6 Å². The summed E-state index contributed by atoms with van der Waals surface area (Å²) in [6.07, 6.45) is 3.22. The number of hydrogen-bond acceptors (Lipinski definition) is 6. The van der Waals surface area contributed by atoms with Crippen LogP contribution in [0, 0.1) is 5.41 Å². The van der Waals surface area contributed by atoms with E-state index in [1.54, 1.807) is 12.2 Å². The quantitative estimate of drug-likeness (QED) is 0.304. The average Bonchev–Trinajstić information content (AvgIpc) is 2.35. The number of esters is 3. The molecule has 0 N–H and O–H groups in total. The molecule has 18 heavy (non-hydrogen) atoms. The van der Waals surface area contributed by atoms with Gasteiger partial charge in [-0.25, -0.2) is 0 Å². The normalized spacial score (nSPS) is 11.1. The molecule has 0 aromatic carbocycles. The molecule has 0 aliphatic rings. The van der Waals surface area contributed by atoms with Gasteiger partial charge < -0.3 is 14.2 Å². The van der Waals surface area contributed by atoms with Crippen LogP contribution < -0.4 is 0 Å². The predicted molar refractivity (Wildman–Crippen MR) is 62.5 cm³/mol. The third-order valence-corrected chi connectivity index (χ3v) is 2.35. The molecular weight excluding hydrogens is 240 g/mol. The van der Waals surface area contributed by atoms with E-state index in [0.29, 0.717) is 0 Å². The fraction of sp³-hybridized carbons (Fsp3) is 0.583. The number of hydrogen-bond donors (Lipinski definition) is 0. The molecule has 0 fully saturated rings. The summed E-state index contributed by atoms with van der Waals surface area (Å²) < 4.78 is 13.8. The van der Waals surface area contributed by atoms with Crippen LogP contribution in [0.15, 0.2) is 12.2 Å². The SMILES string of the molecule is COC(=O)C(C)(C/C=C/COC(C)=O)C(=O)OC. The van der Waals surface area contributed by atoms with Crippen LogP contribution in [0.1, 0.15) is 20.3 Å². The molecule has 0 unspecified atom stereocenters. The Bertz CT molecular complexity index is 328. The van der Waals surface area contributed by atoms with Crippen LogP contribution in [0.4, 0.5) is 0 Å². The molecule has 102 valence electrons. The Morgan fingerprint density at radius 3 is 1.94 bits per heavy atom. The first kappa shape index (κ1) is 16.1. The number of methoxy groups -OCH3 is 2. The molecule has 0 rings (SSSR count). The zero-order valence-electron chi connectivity index (χ0n) is 11.0. The molecular formula is C12H18O6. The van der Waals surface area contributed by atoms with Gasteiger partial charge in [-0.1, -0.05) is 12.2 Å². The highest BCUT2D eigenvalue weighted by Crippen LogP contribution is 2.25. The van der Waals surface area contributed by atoms with Gasteiger partial charge in [0.2, 0.25) is 0 Å². The van der Waals surface area contributed by atoms with E-state index < -0.39 is 23.3 Å². The van der Waals surface area contributed by atoms with Crippen molar-refractivity contribution >= 4 is 17.9 Å². The lowest BCUT2D eigenvalue weighted by Gasteiger charge is -2.21. The Morgan fingerprint density at radius 1 is 1.06 bits per heavy atom. The summed E-state index contributed by atoms with van der Waals surface area (Å²) in [6.45, 7) is 2.81. The lowest BCUT2D eigenvalue weighted by molar-refractivity contribution is -0.167. The maximum absolute atomic E-state index is 11.6. The van der Waals surface area contributed by atoms with Crippen LogP contribution in [0.2, 0.25) is 0 Å². The fourth-order valence-electron chi connectivity index (χ4n) is 1.25. The van der Waals surface area contributed by atoms with Gasteiger partial charge in [-0.3, -0.25) is 14.4 Å². The second-order valence-corrected chi connectivity index (χ2v) is 3.79. The third kappa shape index (κ3) is 4.57. The molecule has 6 heteroatoms. The second-order valence-electron chi connectivity index (χ2n) is 3.79. The first-order valence-electron chi connectivity index (χ1n) is 5.33. The molecule has 0 atom stereocenters. The Labute approximate surface area is 106 Å². The van der Waals surface area contributed by atoms with Crippen molar-refractivity contribution in [2.45, 2.75) is 20.3 Å². The van der Waals surface area contributed by atoms with E-state index in [9.17, 15) is 14.4 Å². The molecule has 0 amide bonds. The van der Waals surface area contributed by atoms with Gasteiger partial charge in [0.05, 0.1) is 14.2 Å². The van der Waals surface area contributed by atoms with Crippen molar-refractivity contribution in [1.29, 1.82) is 0 Å². The monoisotopic (exact) mass is 258 g/mol. The van der Waals surface area contributed by atoms with Gasteiger partial charge in [-0.05, 0) is 13.3 Å². The van der Waals surface area contributed by atoms with E-state index in [0.717, 1.165) is 0 Å². The van der Waals surface area contributed by atoms with Gasteiger partial charge in [0.1, 0.15) is 6.61 Å². The van der Waals surface area contributed by atoms with Gasteiger partial charge in [-0.2, -0.15) is 0 Å². The van der Waals surface area contributed by atoms with E-state index >= 15 is 0 Å². The average molecular weight is 258 g/mol. The first-order valence-corrected chi connectivity index (χ1v) is 5.33. The van der Waals surface area contributed by atoms with E-state index in [2.05, 4.69) is 14.2 Å². The molecule has 0 aromatic heterocycles. The van der Waals surface area contributed by atoms with E-state index in [-0.39, 0.29) is 13.0 Å². The molecule has 6 nitrogen and oxygen atoms in total. The number of carbonyl (C=O) groups excluding carboxylic acids is 3. The Balaban J connectivity index is 4.57. The molecule has 0 aromatic rings. The summed E-state index contributed by atoms with van der Waals surface area (Å²) in [5.41, 5.74) is -1.39. The lowest BCUT2D eigenvalue weighted by Crippen LogP contribution is -2.38. The van der Waals surface area contributed by atoms with E-state index in [1.807, 2.05) is 0 Å². The maximum Gasteiger partial charge on any atom is 0.323 e. The number of allylic oxidation sites excluding steroid dienone is 1. The van der Waals surface area contributed by atoms with Crippen LogP contribution in [-0.4, -0.2) is 38.7 Å². The Hall–Kier alpha value is -1.85. The van der Waals surface area contributed by atoms with E-state index in [1.165, 1.54) is 28.1 Å². The van der Waals surface area contributed by atoms with Crippen molar-refractivity contribution in [3.63, 3.8) is 0 Å². The molecule has 0 bridgehead atoms. The lowest BCUT2D eigenvalue weighted by atomic mass is 9.87. The molecule has 0 saturated carbocycles. The summed E-state index contributed by atoms with van der Waals surface area (Å²) in [5.74, 6) is -1.75. The number of ether oxygens (including phenoxy) is 3. The minimum Gasteiger partial charge on any atom is -0.468 e. The third-order valence-electron chi connectivity index (χ3n) is 2.35. The van der Waals surface area contributed by atoms with Crippen LogP contribution >= 0.6 is 0 Å². The van der Waals surface area contributed by atoms with Crippen LogP contribution in [-0.2, 0) is 28.6 Å². The van der Waals surface area contributed by atoms with Crippen LogP contribution in [0.3, 0.4) is 0 Å². The number of rotatable bonds is 6. The summed E-state index contributed by atoms with van der Waals surface area (Å²) >= 11 is 0. The van der Waals surface area contributed by atoms with Gasteiger partial charge in [0.15, 0.2) is 5.41 Å². The Kier molecular flexibility index (Phi) is 6.70. The van der Waals surface area contributed by atoms with Gasteiger partial charge in [0.25, 0.3) is 0 Å². The summed E-state index contributed by atoms with van der Waals surface area (Å²) in [6, 6.07) is 0. The number of carbonyl (C=O) groups is 3. The topological polar surface area (TPSA) is 78.9 Å². The minimum atomic E-state index is -1.39.